The molecular weight excluding hydrogens is 371 g/mol. The second kappa shape index (κ2) is 11.5. The molecule has 1 aromatic rings. The number of hydrogen-bond donors (Lipinski definition) is 2. The Morgan fingerprint density at radius 1 is 1.32 bits per heavy atom. The number of aromatic nitrogens is 1. The summed E-state index contributed by atoms with van der Waals surface area (Å²) >= 11 is 1.75. The highest BCUT2D eigenvalue weighted by molar-refractivity contribution is 14.0. The minimum Gasteiger partial charge on any atom is -0.356 e. The highest BCUT2D eigenvalue weighted by Gasteiger charge is 1.99. The van der Waals surface area contributed by atoms with Crippen LogP contribution in [0.4, 0.5) is 0 Å². The molecule has 0 radical (unpaired) electrons. The highest BCUT2D eigenvalue weighted by atomic mass is 127. The third-order valence-corrected chi connectivity index (χ3v) is 3.60. The lowest BCUT2D eigenvalue weighted by Crippen LogP contribution is -2.38. The zero-order chi connectivity index (χ0) is 13.2. The van der Waals surface area contributed by atoms with Crippen molar-refractivity contribution in [3.8, 4) is 0 Å². The molecule has 1 rings (SSSR count). The fraction of sp³-hybridized carbons (Fsp3) is 0.692. The molecule has 0 saturated heterocycles. The van der Waals surface area contributed by atoms with E-state index in [-0.39, 0.29) is 24.0 Å². The first-order valence-electron chi connectivity index (χ1n) is 6.61. The molecule has 0 aliphatic heterocycles. The summed E-state index contributed by atoms with van der Waals surface area (Å²) in [5.74, 6) is 0.902. The van der Waals surface area contributed by atoms with Gasteiger partial charge in [0, 0.05) is 37.6 Å². The molecule has 1 aromatic heterocycles. The van der Waals surface area contributed by atoms with E-state index in [0.29, 0.717) is 0 Å². The maximum absolute atomic E-state index is 4.45. The largest absolute Gasteiger partial charge is 0.356 e. The molecule has 110 valence electrons. The Kier molecular flexibility index (Phi) is 11.2. The lowest BCUT2D eigenvalue weighted by Gasteiger charge is -2.10. The van der Waals surface area contributed by atoms with Gasteiger partial charge in [-0.3, -0.25) is 4.99 Å². The molecule has 0 fully saturated rings. The quantitative estimate of drug-likeness (QED) is 0.323. The summed E-state index contributed by atoms with van der Waals surface area (Å²) in [6, 6.07) is 0. The standard InChI is InChI=1S/C13H24N4S.HI/c1-4-5-8-15-13(14-3)16-9-6-7-12-17-11(2)10-18-12;/h10H,4-9H2,1-3H3,(H2,14,15,16);1H. The third kappa shape index (κ3) is 8.41. The number of nitrogens with one attached hydrogen (secondary N) is 2. The van der Waals surface area contributed by atoms with E-state index in [1.165, 1.54) is 17.8 Å². The van der Waals surface area contributed by atoms with Crippen LogP contribution in [0.3, 0.4) is 0 Å². The monoisotopic (exact) mass is 396 g/mol. The van der Waals surface area contributed by atoms with Gasteiger partial charge in [-0.2, -0.15) is 0 Å². The smallest absolute Gasteiger partial charge is 0.190 e. The SMILES string of the molecule is CCCCNC(=NC)NCCCc1nc(C)cs1.I. The van der Waals surface area contributed by atoms with Crippen LogP contribution in [-0.4, -0.2) is 31.1 Å². The van der Waals surface area contributed by atoms with Crippen molar-refractivity contribution >= 4 is 41.3 Å². The van der Waals surface area contributed by atoms with Crippen molar-refractivity contribution in [2.75, 3.05) is 20.1 Å². The zero-order valence-electron chi connectivity index (χ0n) is 12.0. The van der Waals surface area contributed by atoms with E-state index in [1.807, 2.05) is 14.0 Å². The van der Waals surface area contributed by atoms with Gasteiger partial charge >= 0.3 is 0 Å². The lowest BCUT2D eigenvalue weighted by molar-refractivity contribution is 0.709. The summed E-state index contributed by atoms with van der Waals surface area (Å²) in [5, 5.41) is 9.95. The molecule has 0 aliphatic rings. The van der Waals surface area contributed by atoms with Gasteiger partial charge in [0.1, 0.15) is 0 Å². The van der Waals surface area contributed by atoms with E-state index in [4.69, 9.17) is 0 Å². The second-order valence-electron chi connectivity index (χ2n) is 4.27. The average molecular weight is 396 g/mol. The van der Waals surface area contributed by atoms with Crippen LogP contribution in [0, 0.1) is 6.92 Å². The molecule has 2 N–H and O–H groups in total. The fourth-order valence-electron chi connectivity index (χ4n) is 1.57. The van der Waals surface area contributed by atoms with Gasteiger partial charge in [0.05, 0.1) is 5.01 Å². The van der Waals surface area contributed by atoms with Crippen LogP contribution >= 0.6 is 35.3 Å². The van der Waals surface area contributed by atoms with Crippen LogP contribution in [0.5, 0.6) is 0 Å². The molecular formula is C13H25IN4S. The molecule has 0 spiro atoms. The molecule has 0 aliphatic carbocycles. The van der Waals surface area contributed by atoms with Gasteiger partial charge in [0.25, 0.3) is 0 Å². The molecule has 4 nitrogen and oxygen atoms in total. The molecule has 0 unspecified atom stereocenters. The highest BCUT2D eigenvalue weighted by Crippen LogP contribution is 2.10. The normalized spacial score (nSPS) is 11.0. The zero-order valence-corrected chi connectivity index (χ0v) is 15.2. The van der Waals surface area contributed by atoms with E-state index in [0.717, 1.165) is 37.6 Å². The van der Waals surface area contributed by atoms with Crippen LogP contribution in [-0.2, 0) is 6.42 Å². The van der Waals surface area contributed by atoms with Crippen molar-refractivity contribution in [3.05, 3.63) is 16.1 Å². The lowest BCUT2D eigenvalue weighted by atomic mass is 10.3. The molecule has 0 atom stereocenters. The number of aliphatic imine (C=N–C) groups is 1. The number of nitrogens with zero attached hydrogens (tertiary/aromatic N) is 2. The minimum atomic E-state index is 0. The van der Waals surface area contributed by atoms with Crippen molar-refractivity contribution < 1.29 is 0 Å². The molecule has 1 heterocycles. The summed E-state index contributed by atoms with van der Waals surface area (Å²) in [6.45, 7) is 6.15. The van der Waals surface area contributed by atoms with Crippen molar-refractivity contribution in [1.29, 1.82) is 0 Å². The Hall–Kier alpha value is -0.370. The predicted octanol–water partition coefficient (Wildman–Crippen LogP) is 2.97. The van der Waals surface area contributed by atoms with Crippen LogP contribution in [0.15, 0.2) is 10.4 Å². The van der Waals surface area contributed by atoms with E-state index in [1.54, 1.807) is 11.3 Å². The summed E-state index contributed by atoms with van der Waals surface area (Å²) in [7, 11) is 1.81. The van der Waals surface area contributed by atoms with Crippen LogP contribution in [0.25, 0.3) is 0 Å². The van der Waals surface area contributed by atoms with Gasteiger partial charge in [-0.15, -0.1) is 35.3 Å². The van der Waals surface area contributed by atoms with Gasteiger partial charge < -0.3 is 10.6 Å². The number of aryl methyl sites for hydroxylation is 2. The Morgan fingerprint density at radius 3 is 2.53 bits per heavy atom. The first-order valence-corrected chi connectivity index (χ1v) is 7.49. The molecule has 0 bridgehead atoms. The van der Waals surface area contributed by atoms with E-state index >= 15 is 0 Å². The summed E-state index contributed by atoms with van der Waals surface area (Å²) in [4.78, 5) is 8.64. The van der Waals surface area contributed by atoms with Crippen molar-refractivity contribution in [3.63, 3.8) is 0 Å². The van der Waals surface area contributed by atoms with Gasteiger partial charge in [-0.25, -0.2) is 4.98 Å². The van der Waals surface area contributed by atoms with Gasteiger partial charge in [-0.05, 0) is 19.8 Å². The van der Waals surface area contributed by atoms with Gasteiger partial charge in [0.2, 0.25) is 0 Å². The van der Waals surface area contributed by atoms with Crippen molar-refractivity contribution in [2.24, 2.45) is 4.99 Å². The Morgan fingerprint density at radius 2 is 2.00 bits per heavy atom. The van der Waals surface area contributed by atoms with Crippen molar-refractivity contribution in [2.45, 2.75) is 39.5 Å². The first-order chi connectivity index (χ1) is 8.76. The molecule has 0 saturated carbocycles. The van der Waals surface area contributed by atoms with E-state index in [2.05, 4.69) is 32.9 Å². The van der Waals surface area contributed by atoms with E-state index in [9.17, 15) is 0 Å². The average Bonchev–Trinajstić information content (AvgIpc) is 2.78. The number of thiazole rings is 1. The van der Waals surface area contributed by atoms with E-state index < -0.39 is 0 Å². The maximum Gasteiger partial charge on any atom is 0.190 e. The van der Waals surface area contributed by atoms with Gasteiger partial charge in [0.15, 0.2) is 5.96 Å². The topological polar surface area (TPSA) is 49.3 Å². The second-order valence-corrected chi connectivity index (χ2v) is 5.21. The minimum absolute atomic E-state index is 0. The predicted molar refractivity (Wildman–Crippen MR) is 94.9 cm³/mol. The number of guanidine groups is 1. The number of hydrogen-bond acceptors (Lipinski definition) is 3. The number of unbranched alkanes of at least 4 members (excludes halogenated alkanes) is 1. The number of halogens is 1. The fourth-order valence-corrected chi connectivity index (χ4v) is 2.39. The summed E-state index contributed by atoms with van der Waals surface area (Å²) < 4.78 is 0. The van der Waals surface area contributed by atoms with Crippen molar-refractivity contribution in [1.82, 2.24) is 15.6 Å². The van der Waals surface area contributed by atoms with Crippen LogP contribution < -0.4 is 10.6 Å². The maximum atomic E-state index is 4.45. The first kappa shape index (κ1) is 18.6. The Labute approximate surface area is 137 Å². The van der Waals surface area contributed by atoms with Crippen LogP contribution in [0.2, 0.25) is 0 Å². The Balaban J connectivity index is 0.00000324. The Bertz CT molecular complexity index is 365. The van der Waals surface area contributed by atoms with Crippen LogP contribution in [0.1, 0.15) is 36.9 Å². The molecule has 0 amide bonds. The van der Waals surface area contributed by atoms with Gasteiger partial charge in [-0.1, -0.05) is 13.3 Å². The molecule has 19 heavy (non-hydrogen) atoms. The molecule has 0 aromatic carbocycles. The third-order valence-electron chi connectivity index (χ3n) is 2.57. The number of rotatable bonds is 7. The molecule has 6 heteroatoms. The summed E-state index contributed by atoms with van der Waals surface area (Å²) in [6.07, 6.45) is 4.51. The summed E-state index contributed by atoms with van der Waals surface area (Å²) in [5.41, 5.74) is 1.13.